The minimum Gasteiger partial charge on any atom is -0.361 e. The first-order chi connectivity index (χ1) is 11.4. The van der Waals surface area contributed by atoms with E-state index in [0.717, 1.165) is 19.3 Å². The molecular formula is C16H24F3N3OS. The van der Waals surface area contributed by atoms with Gasteiger partial charge in [0, 0.05) is 26.1 Å². The van der Waals surface area contributed by atoms with E-state index in [9.17, 15) is 18.0 Å². The second-order valence-corrected chi connectivity index (χ2v) is 6.59. The molecule has 0 saturated carbocycles. The Balaban J connectivity index is 1.77. The SMILES string of the molecule is O=C(CCC(F)(F)F)N1CCCN1C(=S)NCCC1=CCCCC1. The number of hydrogen-bond donors (Lipinski definition) is 1. The summed E-state index contributed by atoms with van der Waals surface area (Å²) in [6, 6.07) is 0. The highest BCUT2D eigenvalue weighted by Crippen LogP contribution is 2.23. The summed E-state index contributed by atoms with van der Waals surface area (Å²) in [7, 11) is 0. The van der Waals surface area contributed by atoms with Crippen molar-refractivity contribution in [1.82, 2.24) is 15.3 Å². The number of nitrogens with one attached hydrogen (secondary N) is 1. The summed E-state index contributed by atoms with van der Waals surface area (Å²) in [6.45, 7) is 1.67. The number of nitrogens with zero attached hydrogens (tertiary/aromatic N) is 2. The van der Waals surface area contributed by atoms with Crippen molar-refractivity contribution in [2.75, 3.05) is 19.6 Å². The first-order valence-corrected chi connectivity index (χ1v) is 8.88. The number of allylic oxidation sites excluding steroid dienone is 1. The number of alkyl halides is 3. The Morgan fingerprint density at radius 3 is 2.62 bits per heavy atom. The van der Waals surface area contributed by atoms with Crippen LogP contribution in [0.15, 0.2) is 11.6 Å². The predicted molar refractivity (Wildman–Crippen MR) is 90.1 cm³/mol. The molecule has 1 heterocycles. The summed E-state index contributed by atoms with van der Waals surface area (Å²) in [4.78, 5) is 12.0. The molecule has 1 saturated heterocycles. The van der Waals surface area contributed by atoms with E-state index < -0.39 is 24.9 Å². The smallest absolute Gasteiger partial charge is 0.361 e. The van der Waals surface area contributed by atoms with Crippen LogP contribution in [0.5, 0.6) is 0 Å². The van der Waals surface area contributed by atoms with Crippen LogP contribution in [0.3, 0.4) is 0 Å². The molecule has 0 spiro atoms. The third kappa shape index (κ3) is 5.96. The van der Waals surface area contributed by atoms with Gasteiger partial charge >= 0.3 is 6.18 Å². The maximum atomic E-state index is 12.3. The van der Waals surface area contributed by atoms with Gasteiger partial charge in [-0.25, -0.2) is 0 Å². The molecule has 1 fully saturated rings. The monoisotopic (exact) mass is 363 g/mol. The summed E-state index contributed by atoms with van der Waals surface area (Å²) >= 11 is 5.31. The standard InChI is InChI=1S/C16H24F3N3OS/c17-16(18,19)9-7-14(23)21-11-4-12-22(21)15(24)20-10-8-13-5-2-1-3-6-13/h5H,1-4,6-12H2,(H,20,24). The van der Waals surface area contributed by atoms with E-state index in [4.69, 9.17) is 12.2 Å². The minimum absolute atomic E-state index is 0.420. The molecule has 8 heteroatoms. The Bertz CT molecular complexity index is 493. The number of hydrogen-bond acceptors (Lipinski definition) is 2. The van der Waals surface area contributed by atoms with E-state index in [1.807, 2.05) is 0 Å². The zero-order valence-electron chi connectivity index (χ0n) is 13.7. The van der Waals surface area contributed by atoms with Crippen LogP contribution in [-0.2, 0) is 4.79 Å². The van der Waals surface area contributed by atoms with Crippen molar-refractivity contribution in [2.24, 2.45) is 0 Å². The van der Waals surface area contributed by atoms with Crippen LogP contribution in [-0.4, -0.2) is 46.8 Å². The highest BCUT2D eigenvalue weighted by molar-refractivity contribution is 7.80. The molecule has 0 bridgehead atoms. The summed E-state index contributed by atoms with van der Waals surface area (Å²) < 4.78 is 36.8. The summed E-state index contributed by atoms with van der Waals surface area (Å²) in [5.41, 5.74) is 1.43. The molecule has 24 heavy (non-hydrogen) atoms. The van der Waals surface area contributed by atoms with Crippen LogP contribution >= 0.6 is 12.2 Å². The number of carbonyl (C=O) groups is 1. The Kier molecular flexibility index (Phi) is 6.89. The van der Waals surface area contributed by atoms with Crippen molar-refractivity contribution in [2.45, 2.75) is 57.5 Å². The maximum absolute atomic E-state index is 12.3. The predicted octanol–water partition coefficient (Wildman–Crippen LogP) is 3.54. The molecule has 1 aliphatic carbocycles. The average molecular weight is 363 g/mol. The van der Waals surface area contributed by atoms with Gasteiger partial charge in [-0.3, -0.25) is 14.8 Å². The Morgan fingerprint density at radius 2 is 1.96 bits per heavy atom. The van der Waals surface area contributed by atoms with E-state index in [1.165, 1.54) is 23.4 Å². The topological polar surface area (TPSA) is 35.6 Å². The van der Waals surface area contributed by atoms with Crippen molar-refractivity contribution in [1.29, 1.82) is 0 Å². The quantitative estimate of drug-likeness (QED) is 0.599. The number of amides is 1. The lowest BCUT2D eigenvalue weighted by molar-refractivity contribution is -0.153. The van der Waals surface area contributed by atoms with Gasteiger partial charge < -0.3 is 5.32 Å². The summed E-state index contributed by atoms with van der Waals surface area (Å²) in [6.07, 6.45) is 2.69. The van der Waals surface area contributed by atoms with Gasteiger partial charge in [-0.05, 0) is 50.7 Å². The molecule has 2 aliphatic rings. The highest BCUT2D eigenvalue weighted by Gasteiger charge is 2.33. The van der Waals surface area contributed by atoms with Crippen LogP contribution in [0.2, 0.25) is 0 Å². The summed E-state index contributed by atoms with van der Waals surface area (Å²) in [5, 5.41) is 6.50. The third-order valence-corrected chi connectivity index (χ3v) is 4.64. The lowest BCUT2D eigenvalue weighted by atomic mass is 9.97. The number of halogens is 3. The molecule has 1 amide bonds. The van der Waals surface area contributed by atoms with Crippen molar-refractivity contribution in [3.8, 4) is 0 Å². The van der Waals surface area contributed by atoms with E-state index in [-0.39, 0.29) is 0 Å². The van der Waals surface area contributed by atoms with Gasteiger partial charge in [-0.15, -0.1) is 0 Å². The van der Waals surface area contributed by atoms with E-state index in [1.54, 1.807) is 5.01 Å². The molecular weight excluding hydrogens is 339 g/mol. The fourth-order valence-electron chi connectivity index (χ4n) is 3.01. The van der Waals surface area contributed by atoms with Crippen molar-refractivity contribution in [3.05, 3.63) is 11.6 Å². The third-order valence-electron chi connectivity index (χ3n) is 4.28. The zero-order chi connectivity index (χ0) is 17.6. The largest absolute Gasteiger partial charge is 0.389 e. The molecule has 0 aromatic carbocycles. The molecule has 2 rings (SSSR count). The molecule has 1 N–H and O–H groups in total. The number of thiocarbonyl (C=S) groups is 1. The van der Waals surface area contributed by atoms with Crippen LogP contribution in [0, 0.1) is 0 Å². The first kappa shape index (κ1) is 19.0. The van der Waals surface area contributed by atoms with E-state index >= 15 is 0 Å². The van der Waals surface area contributed by atoms with Crippen LogP contribution in [0.1, 0.15) is 51.4 Å². The molecule has 4 nitrogen and oxygen atoms in total. The van der Waals surface area contributed by atoms with E-state index in [2.05, 4.69) is 11.4 Å². The first-order valence-electron chi connectivity index (χ1n) is 8.47. The lowest BCUT2D eigenvalue weighted by Crippen LogP contribution is -2.49. The fraction of sp³-hybridized carbons (Fsp3) is 0.750. The van der Waals surface area contributed by atoms with Gasteiger partial charge in [0.25, 0.3) is 0 Å². The number of carbonyl (C=O) groups excluding carboxylic acids is 1. The molecule has 136 valence electrons. The van der Waals surface area contributed by atoms with Gasteiger partial charge in [0.05, 0.1) is 6.42 Å². The van der Waals surface area contributed by atoms with E-state index in [0.29, 0.717) is 31.2 Å². The van der Waals surface area contributed by atoms with Crippen LogP contribution in [0.4, 0.5) is 13.2 Å². The molecule has 0 radical (unpaired) electrons. The second-order valence-electron chi connectivity index (χ2n) is 6.20. The Morgan fingerprint density at radius 1 is 1.21 bits per heavy atom. The molecule has 0 aromatic heterocycles. The minimum atomic E-state index is -4.31. The highest BCUT2D eigenvalue weighted by atomic mass is 32.1. The van der Waals surface area contributed by atoms with Gasteiger partial charge in [0.1, 0.15) is 0 Å². The second kappa shape index (κ2) is 8.69. The molecule has 0 unspecified atom stereocenters. The van der Waals surface area contributed by atoms with Crippen molar-refractivity contribution in [3.63, 3.8) is 0 Å². The normalized spacial score (nSPS) is 18.5. The van der Waals surface area contributed by atoms with Crippen LogP contribution in [0.25, 0.3) is 0 Å². The Labute approximate surface area is 146 Å². The zero-order valence-corrected chi connectivity index (χ0v) is 14.5. The van der Waals surface area contributed by atoms with Crippen LogP contribution < -0.4 is 5.32 Å². The maximum Gasteiger partial charge on any atom is 0.389 e. The van der Waals surface area contributed by atoms with Gasteiger partial charge in [0.2, 0.25) is 5.91 Å². The van der Waals surface area contributed by atoms with Crippen molar-refractivity contribution < 1.29 is 18.0 Å². The average Bonchev–Trinajstić information content (AvgIpc) is 3.02. The molecule has 1 aliphatic heterocycles. The number of hydrazine groups is 1. The summed E-state index contributed by atoms with van der Waals surface area (Å²) in [5.74, 6) is -0.524. The fourth-order valence-corrected chi connectivity index (χ4v) is 3.30. The Hall–Kier alpha value is -1.31. The van der Waals surface area contributed by atoms with Crippen molar-refractivity contribution >= 4 is 23.2 Å². The lowest BCUT2D eigenvalue weighted by Gasteiger charge is -2.30. The van der Waals surface area contributed by atoms with Gasteiger partial charge in [-0.2, -0.15) is 13.2 Å². The molecule has 0 atom stereocenters. The number of rotatable bonds is 5. The van der Waals surface area contributed by atoms with Gasteiger partial charge in [0.15, 0.2) is 5.11 Å². The van der Waals surface area contributed by atoms with Gasteiger partial charge in [-0.1, -0.05) is 11.6 Å². The molecule has 0 aromatic rings.